The van der Waals surface area contributed by atoms with E-state index in [0.29, 0.717) is 6.61 Å². The Labute approximate surface area is 120 Å². The predicted molar refractivity (Wildman–Crippen MR) is 80.7 cm³/mol. The van der Waals surface area contributed by atoms with Crippen molar-refractivity contribution in [3.05, 3.63) is 64.7 Å². The minimum absolute atomic E-state index is 0.133. The van der Waals surface area contributed by atoms with Gasteiger partial charge in [-0.05, 0) is 37.1 Å². The molecule has 0 aliphatic carbocycles. The minimum atomic E-state index is -0.133. The molecule has 2 rings (SSSR count). The van der Waals surface area contributed by atoms with Crippen LogP contribution in [0.5, 0.6) is 5.75 Å². The molecular weight excluding hydrogens is 248 g/mol. The van der Waals surface area contributed by atoms with Crippen molar-refractivity contribution >= 4 is 0 Å². The van der Waals surface area contributed by atoms with Gasteiger partial charge in [-0.25, -0.2) is 0 Å². The summed E-state index contributed by atoms with van der Waals surface area (Å²) in [5.74, 6) is 6.52. The van der Waals surface area contributed by atoms with Gasteiger partial charge in [0.15, 0.2) is 0 Å². The van der Waals surface area contributed by atoms with Gasteiger partial charge in [0.05, 0.1) is 0 Å². The molecule has 0 radical (unpaired) electrons. The highest BCUT2D eigenvalue weighted by molar-refractivity contribution is 5.42. The molecule has 0 bridgehead atoms. The third-order valence-electron chi connectivity index (χ3n) is 3.05. The topological polar surface area (TPSA) is 29.5 Å². The van der Waals surface area contributed by atoms with Gasteiger partial charge in [-0.15, -0.1) is 0 Å². The van der Waals surface area contributed by atoms with Crippen molar-refractivity contribution in [3.63, 3.8) is 0 Å². The van der Waals surface area contributed by atoms with E-state index < -0.39 is 0 Å². The molecule has 102 valence electrons. The van der Waals surface area contributed by atoms with Crippen LogP contribution in [0, 0.1) is 25.7 Å². The molecule has 2 nitrogen and oxygen atoms in total. The van der Waals surface area contributed by atoms with Gasteiger partial charge < -0.3 is 9.84 Å². The summed E-state index contributed by atoms with van der Waals surface area (Å²) in [4.78, 5) is 0. The standard InChI is InChI=1S/C18H18O2/c1-14-9-10-15(2)18(12-14)20-13-17-7-4-3-6-16(17)8-5-11-19/h3-4,6-7,9-10,12,19H,11,13H2,1-2H3. The number of hydrogen-bond acceptors (Lipinski definition) is 2. The summed E-state index contributed by atoms with van der Waals surface area (Å²) < 4.78 is 5.89. The Balaban J connectivity index is 2.17. The van der Waals surface area contributed by atoms with Crippen LogP contribution in [0.1, 0.15) is 22.3 Å². The van der Waals surface area contributed by atoms with E-state index in [9.17, 15) is 0 Å². The van der Waals surface area contributed by atoms with Gasteiger partial charge in [-0.2, -0.15) is 0 Å². The monoisotopic (exact) mass is 266 g/mol. The van der Waals surface area contributed by atoms with Crippen molar-refractivity contribution < 1.29 is 9.84 Å². The van der Waals surface area contributed by atoms with E-state index in [-0.39, 0.29) is 6.61 Å². The van der Waals surface area contributed by atoms with E-state index in [1.54, 1.807) is 0 Å². The first kappa shape index (κ1) is 14.2. The van der Waals surface area contributed by atoms with Gasteiger partial charge in [0.25, 0.3) is 0 Å². The van der Waals surface area contributed by atoms with Crippen LogP contribution in [0.3, 0.4) is 0 Å². The zero-order valence-electron chi connectivity index (χ0n) is 11.8. The highest BCUT2D eigenvalue weighted by Gasteiger charge is 2.03. The zero-order chi connectivity index (χ0) is 14.4. The molecule has 0 saturated carbocycles. The maximum atomic E-state index is 8.79. The van der Waals surface area contributed by atoms with Crippen LogP contribution in [-0.4, -0.2) is 11.7 Å². The maximum Gasteiger partial charge on any atom is 0.122 e. The fourth-order valence-corrected chi connectivity index (χ4v) is 1.92. The second-order valence-electron chi connectivity index (χ2n) is 4.67. The quantitative estimate of drug-likeness (QED) is 0.864. The molecule has 0 spiro atoms. The second kappa shape index (κ2) is 6.79. The lowest BCUT2D eigenvalue weighted by Gasteiger charge is -2.11. The van der Waals surface area contributed by atoms with E-state index in [1.807, 2.05) is 44.2 Å². The first-order valence-corrected chi connectivity index (χ1v) is 6.58. The molecule has 2 aromatic rings. The van der Waals surface area contributed by atoms with Gasteiger partial charge in [0.2, 0.25) is 0 Å². The predicted octanol–water partition coefficient (Wildman–Crippen LogP) is 3.23. The molecule has 2 heteroatoms. The van der Waals surface area contributed by atoms with Crippen LogP contribution in [0.2, 0.25) is 0 Å². The highest BCUT2D eigenvalue weighted by Crippen LogP contribution is 2.21. The van der Waals surface area contributed by atoms with Crippen molar-refractivity contribution in [2.75, 3.05) is 6.61 Å². The van der Waals surface area contributed by atoms with Crippen molar-refractivity contribution in [2.45, 2.75) is 20.5 Å². The summed E-state index contributed by atoms with van der Waals surface area (Å²) in [5.41, 5.74) is 4.22. The lowest BCUT2D eigenvalue weighted by Crippen LogP contribution is -1.99. The average Bonchev–Trinajstić information content (AvgIpc) is 2.47. The number of benzene rings is 2. The molecule has 0 atom stereocenters. The molecule has 1 N–H and O–H groups in total. The number of aliphatic hydroxyl groups is 1. The van der Waals surface area contributed by atoms with Gasteiger partial charge in [-0.1, -0.05) is 42.2 Å². The summed E-state index contributed by atoms with van der Waals surface area (Å²) in [7, 11) is 0. The van der Waals surface area contributed by atoms with Crippen LogP contribution in [-0.2, 0) is 6.61 Å². The van der Waals surface area contributed by atoms with Crippen molar-refractivity contribution in [1.29, 1.82) is 0 Å². The van der Waals surface area contributed by atoms with E-state index in [1.165, 1.54) is 5.56 Å². The van der Waals surface area contributed by atoms with Crippen molar-refractivity contribution in [1.82, 2.24) is 0 Å². The maximum absolute atomic E-state index is 8.79. The van der Waals surface area contributed by atoms with Gasteiger partial charge in [0, 0.05) is 11.1 Å². The molecule has 0 amide bonds. The number of rotatable bonds is 3. The Hall–Kier alpha value is -2.24. The second-order valence-corrected chi connectivity index (χ2v) is 4.67. The molecular formula is C18H18O2. The molecule has 0 aliphatic heterocycles. The number of aliphatic hydroxyl groups excluding tert-OH is 1. The SMILES string of the molecule is Cc1ccc(C)c(OCc2ccccc2C#CCO)c1. The minimum Gasteiger partial charge on any atom is -0.489 e. The lowest BCUT2D eigenvalue weighted by molar-refractivity contribution is 0.303. The fraction of sp³-hybridized carbons (Fsp3) is 0.222. The Morgan fingerprint density at radius 2 is 1.90 bits per heavy atom. The van der Waals surface area contributed by atoms with Crippen molar-refractivity contribution in [3.8, 4) is 17.6 Å². The van der Waals surface area contributed by atoms with Crippen molar-refractivity contribution in [2.24, 2.45) is 0 Å². The number of hydrogen-bond donors (Lipinski definition) is 1. The highest BCUT2D eigenvalue weighted by atomic mass is 16.5. The fourth-order valence-electron chi connectivity index (χ4n) is 1.92. The van der Waals surface area contributed by atoms with E-state index >= 15 is 0 Å². The summed E-state index contributed by atoms with van der Waals surface area (Å²) >= 11 is 0. The molecule has 0 unspecified atom stereocenters. The number of aryl methyl sites for hydroxylation is 2. The summed E-state index contributed by atoms with van der Waals surface area (Å²) in [6.45, 7) is 4.42. The normalized spacial score (nSPS) is 9.75. The smallest absolute Gasteiger partial charge is 0.122 e. The third-order valence-corrected chi connectivity index (χ3v) is 3.05. The molecule has 0 heterocycles. The Kier molecular flexibility index (Phi) is 4.81. The van der Waals surface area contributed by atoms with E-state index in [2.05, 4.69) is 24.0 Å². The zero-order valence-corrected chi connectivity index (χ0v) is 11.8. The van der Waals surface area contributed by atoms with Crippen LogP contribution < -0.4 is 4.74 Å². The summed E-state index contributed by atoms with van der Waals surface area (Å²) in [6.07, 6.45) is 0. The molecule has 0 aromatic heterocycles. The molecule has 0 saturated heterocycles. The third kappa shape index (κ3) is 3.63. The van der Waals surface area contributed by atoms with Crippen LogP contribution in [0.4, 0.5) is 0 Å². The first-order chi connectivity index (χ1) is 9.70. The van der Waals surface area contributed by atoms with Crippen LogP contribution in [0.15, 0.2) is 42.5 Å². The van der Waals surface area contributed by atoms with Gasteiger partial charge in [0.1, 0.15) is 19.0 Å². The van der Waals surface area contributed by atoms with Crippen LogP contribution >= 0.6 is 0 Å². The summed E-state index contributed by atoms with van der Waals surface area (Å²) in [5, 5.41) is 8.79. The van der Waals surface area contributed by atoms with Crippen LogP contribution in [0.25, 0.3) is 0 Å². The lowest BCUT2D eigenvalue weighted by atomic mass is 10.1. The Morgan fingerprint density at radius 3 is 2.70 bits per heavy atom. The van der Waals surface area contributed by atoms with Gasteiger partial charge >= 0.3 is 0 Å². The average molecular weight is 266 g/mol. The molecule has 0 fully saturated rings. The van der Waals surface area contributed by atoms with E-state index in [0.717, 1.165) is 22.4 Å². The largest absolute Gasteiger partial charge is 0.489 e. The van der Waals surface area contributed by atoms with Gasteiger partial charge in [-0.3, -0.25) is 0 Å². The molecule has 2 aromatic carbocycles. The molecule has 0 aliphatic rings. The van der Waals surface area contributed by atoms with E-state index in [4.69, 9.17) is 9.84 Å². The first-order valence-electron chi connectivity index (χ1n) is 6.58. The summed E-state index contributed by atoms with van der Waals surface area (Å²) in [6, 6.07) is 14.0. The Morgan fingerprint density at radius 1 is 1.10 bits per heavy atom. The molecule has 20 heavy (non-hydrogen) atoms. The Bertz CT molecular complexity index is 648. The number of ether oxygens (including phenoxy) is 1.